The second-order valence-electron chi connectivity index (χ2n) is 9.18. The highest BCUT2D eigenvalue weighted by Crippen LogP contribution is 2.37. The van der Waals surface area contributed by atoms with Gasteiger partial charge in [0, 0.05) is 28.6 Å². The van der Waals surface area contributed by atoms with Gasteiger partial charge in [0.2, 0.25) is 11.8 Å². The number of esters is 1. The normalized spacial score (nSPS) is 16.6. The van der Waals surface area contributed by atoms with Crippen molar-refractivity contribution in [2.24, 2.45) is 10.9 Å². The molecule has 0 atom stereocenters. The van der Waals surface area contributed by atoms with Crippen LogP contribution >= 0.6 is 0 Å². The molecule has 3 heterocycles. The summed E-state index contributed by atoms with van der Waals surface area (Å²) in [5.74, 6) is 0.995. The Labute approximate surface area is 196 Å². The number of hydrogen-bond donors (Lipinski definition) is 2. The maximum atomic E-state index is 12.4. The van der Waals surface area contributed by atoms with Gasteiger partial charge in [-0.25, -0.2) is 14.8 Å². The molecular weight excluding hydrogens is 436 g/mol. The van der Waals surface area contributed by atoms with E-state index in [1.54, 1.807) is 7.11 Å². The highest BCUT2D eigenvalue weighted by atomic mass is 16.5. The number of benzene rings is 1. The first kappa shape index (κ1) is 21.9. The van der Waals surface area contributed by atoms with E-state index in [2.05, 4.69) is 20.3 Å². The molecule has 0 saturated heterocycles. The number of aliphatic imine (C=N–C) groups is 1. The molecule has 176 valence electrons. The number of H-pyrrole nitrogens is 1. The van der Waals surface area contributed by atoms with Crippen molar-refractivity contribution in [3.8, 4) is 17.0 Å². The molecule has 2 aliphatic rings. The Morgan fingerprint density at radius 1 is 1.21 bits per heavy atom. The second kappa shape index (κ2) is 8.16. The molecule has 1 amide bonds. The lowest BCUT2D eigenvalue weighted by Gasteiger charge is -2.10. The van der Waals surface area contributed by atoms with Crippen molar-refractivity contribution >= 4 is 34.5 Å². The minimum absolute atomic E-state index is 0.0184. The number of ether oxygens (including phenoxy) is 3. The molecule has 0 unspecified atom stereocenters. The third kappa shape index (κ3) is 3.98. The van der Waals surface area contributed by atoms with Crippen LogP contribution in [-0.2, 0) is 14.3 Å². The van der Waals surface area contributed by atoms with Crippen molar-refractivity contribution in [3.05, 3.63) is 41.6 Å². The summed E-state index contributed by atoms with van der Waals surface area (Å²) in [7, 11) is 2.91. The van der Waals surface area contributed by atoms with Gasteiger partial charge in [0.25, 0.3) is 0 Å². The third-order valence-electron chi connectivity index (χ3n) is 5.97. The van der Waals surface area contributed by atoms with Crippen molar-refractivity contribution in [2.45, 2.75) is 32.2 Å². The molecule has 1 aromatic carbocycles. The standard InChI is InChI=1S/C25H26N4O5/c1-25(2)12-34-23(29-25)14-7-8-15(19(9-14)32-3)18-10-16-17(24(31)33-4)11-26-21(20(16)27-18)28-22(30)13-5-6-13/h7-11,13,27H,5-6,12H2,1-4H3,(H,26,28,30). The van der Waals surface area contributed by atoms with Crippen molar-refractivity contribution < 1.29 is 23.8 Å². The lowest BCUT2D eigenvalue weighted by Crippen LogP contribution is -2.17. The topological polar surface area (TPSA) is 115 Å². The maximum absolute atomic E-state index is 12.4. The van der Waals surface area contributed by atoms with E-state index in [1.807, 2.05) is 38.1 Å². The Hall–Kier alpha value is -3.88. The first-order valence-corrected chi connectivity index (χ1v) is 11.1. The summed E-state index contributed by atoms with van der Waals surface area (Å²) in [4.78, 5) is 37.0. The van der Waals surface area contributed by atoms with E-state index in [0.29, 0.717) is 46.2 Å². The third-order valence-corrected chi connectivity index (χ3v) is 5.97. The summed E-state index contributed by atoms with van der Waals surface area (Å²) < 4.78 is 16.4. The molecule has 0 spiro atoms. The number of pyridine rings is 1. The Morgan fingerprint density at radius 2 is 2.00 bits per heavy atom. The number of nitrogens with one attached hydrogen (secondary N) is 2. The van der Waals surface area contributed by atoms with Crippen molar-refractivity contribution in [3.63, 3.8) is 0 Å². The summed E-state index contributed by atoms with van der Waals surface area (Å²) in [6.07, 6.45) is 3.17. The number of amides is 1. The molecule has 34 heavy (non-hydrogen) atoms. The zero-order valence-electron chi connectivity index (χ0n) is 19.5. The minimum atomic E-state index is -0.510. The van der Waals surface area contributed by atoms with Gasteiger partial charge in [-0.2, -0.15) is 0 Å². The van der Waals surface area contributed by atoms with Gasteiger partial charge in [-0.3, -0.25) is 4.79 Å². The van der Waals surface area contributed by atoms with Crippen molar-refractivity contribution in [2.75, 3.05) is 26.1 Å². The van der Waals surface area contributed by atoms with Crippen molar-refractivity contribution in [1.82, 2.24) is 9.97 Å². The first-order chi connectivity index (χ1) is 16.3. The van der Waals surface area contributed by atoms with E-state index in [9.17, 15) is 9.59 Å². The Kier molecular flexibility index (Phi) is 5.27. The van der Waals surface area contributed by atoms with Gasteiger partial charge in [0.15, 0.2) is 5.82 Å². The van der Waals surface area contributed by atoms with Crippen LogP contribution in [0.2, 0.25) is 0 Å². The predicted molar refractivity (Wildman–Crippen MR) is 127 cm³/mol. The van der Waals surface area contributed by atoms with E-state index in [-0.39, 0.29) is 17.4 Å². The summed E-state index contributed by atoms with van der Waals surface area (Å²) in [6, 6.07) is 7.53. The molecule has 9 heteroatoms. The number of anilines is 1. The van der Waals surface area contributed by atoms with Gasteiger partial charge < -0.3 is 24.5 Å². The van der Waals surface area contributed by atoms with Crippen LogP contribution in [0.5, 0.6) is 5.75 Å². The van der Waals surface area contributed by atoms with Crippen LogP contribution in [0.15, 0.2) is 35.5 Å². The van der Waals surface area contributed by atoms with Crippen LogP contribution in [0.4, 0.5) is 5.82 Å². The SMILES string of the molecule is COC(=O)c1cnc(NC(=O)C2CC2)c2[nH]c(-c3ccc(C4=NC(C)(C)CO4)cc3OC)cc12. The molecule has 1 fully saturated rings. The number of fused-ring (bicyclic) bond motifs is 1. The molecule has 9 nitrogen and oxygen atoms in total. The quantitative estimate of drug-likeness (QED) is 0.537. The molecule has 1 saturated carbocycles. The predicted octanol–water partition coefficient (Wildman–Crippen LogP) is 3.93. The Balaban J connectivity index is 1.59. The number of aromatic amines is 1. The number of rotatable bonds is 6. The van der Waals surface area contributed by atoms with E-state index in [0.717, 1.165) is 24.0 Å². The average molecular weight is 463 g/mol. The number of carbonyl (C=O) groups excluding carboxylic acids is 2. The largest absolute Gasteiger partial charge is 0.496 e. The monoisotopic (exact) mass is 462 g/mol. The Bertz CT molecular complexity index is 1340. The number of hydrogen-bond acceptors (Lipinski definition) is 7. The molecule has 2 N–H and O–H groups in total. The molecule has 0 bridgehead atoms. The summed E-state index contributed by atoms with van der Waals surface area (Å²) >= 11 is 0. The summed E-state index contributed by atoms with van der Waals surface area (Å²) in [5.41, 5.74) is 2.87. The minimum Gasteiger partial charge on any atom is -0.496 e. The lowest BCUT2D eigenvalue weighted by atomic mass is 10.1. The summed E-state index contributed by atoms with van der Waals surface area (Å²) in [5, 5.41) is 3.48. The highest BCUT2D eigenvalue weighted by molar-refractivity contribution is 6.10. The van der Waals surface area contributed by atoms with Crippen LogP contribution < -0.4 is 10.1 Å². The fourth-order valence-electron chi connectivity index (χ4n) is 3.97. The summed E-state index contributed by atoms with van der Waals surface area (Å²) in [6.45, 7) is 4.55. The van der Waals surface area contributed by atoms with E-state index >= 15 is 0 Å². The van der Waals surface area contributed by atoms with Gasteiger partial charge in [-0.05, 0) is 51.0 Å². The maximum Gasteiger partial charge on any atom is 0.340 e. The van der Waals surface area contributed by atoms with Crippen LogP contribution in [-0.4, -0.2) is 54.1 Å². The molecule has 5 rings (SSSR count). The fourth-order valence-corrected chi connectivity index (χ4v) is 3.97. The van der Waals surface area contributed by atoms with Gasteiger partial charge in [0.1, 0.15) is 12.4 Å². The van der Waals surface area contributed by atoms with Crippen LogP contribution in [0.25, 0.3) is 22.2 Å². The molecule has 0 radical (unpaired) electrons. The first-order valence-electron chi connectivity index (χ1n) is 11.1. The smallest absolute Gasteiger partial charge is 0.340 e. The van der Waals surface area contributed by atoms with Crippen LogP contribution in [0, 0.1) is 5.92 Å². The fraction of sp³-hybridized carbons (Fsp3) is 0.360. The van der Waals surface area contributed by atoms with E-state index < -0.39 is 5.97 Å². The number of carbonyl (C=O) groups is 2. The van der Waals surface area contributed by atoms with E-state index in [1.165, 1.54) is 13.3 Å². The van der Waals surface area contributed by atoms with Gasteiger partial charge in [0.05, 0.1) is 36.5 Å². The lowest BCUT2D eigenvalue weighted by molar-refractivity contribution is -0.117. The number of nitrogens with zero attached hydrogens (tertiary/aromatic N) is 2. The molecule has 2 aromatic heterocycles. The Morgan fingerprint density at radius 3 is 2.65 bits per heavy atom. The molecular formula is C25H26N4O5. The molecule has 1 aliphatic heterocycles. The zero-order valence-corrected chi connectivity index (χ0v) is 19.5. The van der Waals surface area contributed by atoms with Gasteiger partial charge in [-0.1, -0.05) is 0 Å². The number of methoxy groups -OCH3 is 2. The van der Waals surface area contributed by atoms with Gasteiger partial charge in [-0.15, -0.1) is 0 Å². The van der Waals surface area contributed by atoms with Crippen molar-refractivity contribution in [1.29, 1.82) is 0 Å². The van der Waals surface area contributed by atoms with E-state index in [4.69, 9.17) is 14.2 Å². The highest BCUT2D eigenvalue weighted by Gasteiger charge is 2.31. The van der Waals surface area contributed by atoms with Gasteiger partial charge >= 0.3 is 5.97 Å². The second-order valence-corrected chi connectivity index (χ2v) is 9.18. The molecule has 1 aliphatic carbocycles. The van der Waals surface area contributed by atoms with Crippen LogP contribution in [0.3, 0.4) is 0 Å². The average Bonchev–Trinajstić information content (AvgIpc) is 3.49. The molecule has 3 aromatic rings. The number of aromatic nitrogens is 2. The zero-order chi connectivity index (χ0) is 24.0. The van der Waals surface area contributed by atoms with Crippen LogP contribution in [0.1, 0.15) is 42.6 Å².